The van der Waals surface area contributed by atoms with Crippen LogP contribution in [0.15, 0.2) is 0 Å². The summed E-state index contributed by atoms with van der Waals surface area (Å²) in [6, 6.07) is 0.257. The van der Waals surface area contributed by atoms with Gasteiger partial charge in [0.25, 0.3) is 0 Å². The Kier molecular flexibility index (Phi) is 3.26. The SMILES string of the molecule is CC1CCCN1C(=O)[C@H]1NCCO[C@@H]1C. The lowest BCUT2D eigenvalue weighted by Gasteiger charge is -2.33. The van der Waals surface area contributed by atoms with Crippen LogP contribution in [-0.2, 0) is 9.53 Å². The Morgan fingerprint density at radius 1 is 1.47 bits per heavy atom. The van der Waals surface area contributed by atoms with Gasteiger partial charge < -0.3 is 15.0 Å². The standard InChI is InChI=1S/C11H20N2O2/c1-8-4-3-6-13(8)11(14)10-9(2)15-7-5-12-10/h8-10,12H,3-7H2,1-2H3/t8?,9-,10+/m1/s1. The van der Waals surface area contributed by atoms with Crippen LogP contribution in [0, 0.1) is 0 Å². The van der Waals surface area contributed by atoms with Crippen molar-refractivity contribution in [1.82, 2.24) is 10.2 Å². The number of nitrogens with zero attached hydrogens (tertiary/aromatic N) is 1. The van der Waals surface area contributed by atoms with Crippen LogP contribution in [-0.4, -0.2) is 48.7 Å². The number of amides is 1. The zero-order valence-corrected chi connectivity index (χ0v) is 9.53. The molecule has 2 heterocycles. The van der Waals surface area contributed by atoms with E-state index in [9.17, 15) is 4.79 Å². The summed E-state index contributed by atoms with van der Waals surface area (Å²) >= 11 is 0. The highest BCUT2D eigenvalue weighted by molar-refractivity contribution is 5.83. The molecular weight excluding hydrogens is 192 g/mol. The van der Waals surface area contributed by atoms with Gasteiger partial charge in [-0.1, -0.05) is 0 Å². The monoisotopic (exact) mass is 212 g/mol. The molecule has 0 bridgehead atoms. The number of nitrogens with one attached hydrogen (secondary N) is 1. The fraction of sp³-hybridized carbons (Fsp3) is 0.909. The van der Waals surface area contributed by atoms with Gasteiger partial charge in [-0.25, -0.2) is 0 Å². The fourth-order valence-corrected chi connectivity index (χ4v) is 2.45. The van der Waals surface area contributed by atoms with E-state index in [4.69, 9.17) is 4.74 Å². The van der Waals surface area contributed by atoms with Crippen molar-refractivity contribution in [2.45, 2.75) is 44.9 Å². The Bertz CT molecular complexity index is 245. The molecule has 4 heteroatoms. The van der Waals surface area contributed by atoms with Gasteiger partial charge in [-0.05, 0) is 26.7 Å². The summed E-state index contributed by atoms with van der Waals surface area (Å²) in [6.45, 7) is 6.49. The van der Waals surface area contributed by atoms with Crippen molar-refractivity contribution in [3.05, 3.63) is 0 Å². The summed E-state index contributed by atoms with van der Waals surface area (Å²) < 4.78 is 5.50. The number of morpholine rings is 1. The molecular formula is C11H20N2O2. The first-order valence-corrected chi connectivity index (χ1v) is 5.85. The van der Waals surface area contributed by atoms with Crippen molar-refractivity contribution in [3.63, 3.8) is 0 Å². The lowest BCUT2D eigenvalue weighted by molar-refractivity contribution is -0.140. The molecule has 0 aliphatic carbocycles. The van der Waals surface area contributed by atoms with Crippen molar-refractivity contribution in [2.24, 2.45) is 0 Å². The van der Waals surface area contributed by atoms with E-state index < -0.39 is 0 Å². The van der Waals surface area contributed by atoms with E-state index in [0.29, 0.717) is 12.6 Å². The highest BCUT2D eigenvalue weighted by Crippen LogP contribution is 2.19. The molecule has 0 radical (unpaired) electrons. The molecule has 1 amide bonds. The maximum Gasteiger partial charge on any atom is 0.242 e. The molecule has 0 saturated carbocycles. The van der Waals surface area contributed by atoms with Crippen LogP contribution < -0.4 is 5.32 Å². The Labute approximate surface area is 91.0 Å². The van der Waals surface area contributed by atoms with Crippen molar-refractivity contribution >= 4 is 5.91 Å². The van der Waals surface area contributed by atoms with Crippen LogP contribution in [0.4, 0.5) is 0 Å². The third-order valence-corrected chi connectivity index (χ3v) is 3.42. The number of carbonyl (C=O) groups is 1. The number of hydrogen-bond acceptors (Lipinski definition) is 3. The fourth-order valence-electron chi connectivity index (χ4n) is 2.45. The Morgan fingerprint density at radius 3 is 2.87 bits per heavy atom. The van der Waals surface area contributed by atoms with Crippen LogP contribution in [0.5, 0.6) is 0 Å². The van der Waals surface area contributed by atoms with Crippen LogP contribution in [0.3, 0.4) is 0 Å². The Morgan fingerprint density at radius 2 is 2.27 bits per heavy atom. The van der Waals surface area contributed by atoms with E-state index in [2.05, 4.69) is 12.2 Å². The maximum atomic E-state index is 12.2. The Hall–Kier alpha value is -0.610. The summed E-state index contributed by atoms with van der Waals surface area (Å²) in [6.07, 6.45) is 2.27. The van der Waals surface area contributed by atoms with Crippen molar-refractivity contribution < 1.29 is 9.53 Å². The highest BCUT2D eigenvalue weighted by Gasteiger charge is 2.35. The van der Waals surface area contributed by atoms with Gasteiger partial charge in [-0.15, -0.1) is 0 Å². The Balaban J connectivity index is 1.99. The minimum Gasteiger partial charge on any atom is -0.375 e. The molecule has 2 aliphatic rings. The average Bonchev–Trinajstić information content (AvgIpc) is 2.64. The largest absolute Gasteiger partial charge is 0.375 e. The maximum absolute atomic E-state index is 12.2. The smallest absolute Gasteiger partial charge is 0.242 e. The zero-order valence-electron chi connectivity index (χ0n) is 9.53. The summed E-state index contributed by atoms with van der Waals surface area (Å²) in [4.78, 5) is 14.2. The molecule has 0 aromatic heterocycles. The quantitative estimate of drug-likeness (QED) is 0.683. The lowest BCUT2D eigenvalue weighted by atomic mass is 10.1. The van der Waals surface area contributed by atoms with E-state index in [1.807, 2.05) is 11.8 Å². The summed E-state index contributed by atoms with van der Waals surface area (Å²) in [7, 11) is 0. The van der Waals surface area contributed by atoms with Gasteiger partial charge in [-0.3, -0.25) is 4.79 Å². The molecule has 3 atom stereocenters. The van der Waals surface area contributed by atoms with E-state index >= 15 is 0 Å². The van der Waals surface area contributed by atoms with Gasteiger partial charge in [-0.2, -0.15) is 0 Å². The summed E-state index contributed by atoms with van der Waals surface area (Å²) in [5.74, 6) is 0.215. The van der Waals surface area contributed by atoms with Crippen molar-refractivity contribution in [3.8, 4) is 0 Å². The van der Waals surface area contributed by atoms with Crippen molar-refractivity contribution in [2.75, 3.05) is 19.7 Å². The van der Waals surface area contributed by atoms with E-state index in [0.717, 1.165) is 25.9 Å². The third kappa shape index (κ3) is 2.16. The molecule has 15 heavy (non-hydrogen) atoms. The predicted octanol–water partition coefficient (Wildman–Crippen LogP) is 0.374. The summed E-state index contributed by atoms with van der Waals surface area (Å²) in [5, 5.41) is 3.25. The molecule has 0 spiro atoms. The topological polar surface area (TPSA) is 41.6 Å². The second-order valence-electron chi connectivity index (χ2n) is 4.53. The molecule has 0 aromatic carbocycles. The van der Waals surface area contributed by atoms with E-state index in [1.54, 1.807) is 0 Å². The summed E-state index contributed by atoms with van der Waals surface area (Å²) in [5.41, 5.74) is 0. The first kappa shape index (κ1) is 10.9. The van der Waals surface area contributed by atoms with Gasteiger partial charge in [0, 0.05) is 19.1 Å². The third-order valence-electron chi connectivity index (χ3n) is 3.42. The lowest BCUT2D eigenvalue weighted by Crippen LogP contribution is -2.56. The normalized spacial score (nSPS) is 36.9. The molecule has 0 aromatic rings. The highest BCUT2D eigenvalue weighted by atomic mass is 16.5. The number of ether oxygens (including phenoxy) is 1. The van der Waals surface area contributed by atoms with Gasteiger partial charge in [0.15, 0.2) is 0 Å². The van der Waals surface area contributed by atoms with E-state index in [-0.39, 0.29) is 18.1 Å². The first-order chi connectivity index (χ1) is 7.20. The van der Waals surface area contributed by atoms with E-state index in [1.165, 1.54) is 0 Å². The molecule has 2 fully saturated rings. The average molecular weight is 212 g/mol. The second kappa shape index (κ2) is 4.49. The first-order valence-electron chi connectivity index (χ1n) is 5.85. The van der Waals surface area contributed by atoms with Gasteiger partial charge in [0.2, 0.25) is 5.91 Å². The van der Waals surface area contributed by atoms with Crippen molar-refractivity contribution in [1.29, 1.82) is 0 Å². The molecule has 2 saturated heterocycles. The number of rotatable bonds is 1. The second-order valence-corrected chi connectivity index (χ2v) is 4.53. The molecule has 4 nitrogen and oxygen atoms in total. The van der Waals surface area contributed by atoms with Crippen LogP contribution in [0.2, 0.25) is 0 Å². The van der Waals surface area contributed by atoms with Crippen LogP contribution in [0.25, 0.3) is 0 Å². The number of likely N-dealkylation sites (tertiary alicyclic amines) is 1. The van der Waals surface area contributed by atoms with Gasteiger partial charge in [0.1, 0.15) is 6.04 Å². The molecule has 1 N–H and O–H groups in total. The van der Waals surface area contributed by atoms with Crippen LogP contribution in [0.1, 0.15) is 26.7 Å². The molecule has 1 unspecified atom stereocenters. The zero-order chi connectivity index (χ0) is 10.8. The minimum absolute atomic E-state index is 0.000880. The number of hydrogen-bond donors (Lipinski definition) is 1. The predicted molar refractivity (Wildman–Crippen MR) is 57.6 cm³/mol. The molecule has 2 rings (SSSR count). The molecule has 2 aliphatic heterocycles. The van der Waals surface area contributed by atoms with Crippen LogP contribution >= 0.6 is 0 Å². The molecule has 86 valence electrons. The van der Waals surface area contributed by atoms with Gasteiger partial charge >= 0.3 is 0 Å². The number of carbonyl (C=O) groups excluding carboxylic acids is 1. The minimum atomic E-state index is -0.140. The van der Waals surface area contributed by atoms with Gasteiger partial charge in [0.05, 0.1) is 12.7 Å².